The Morgan fingerprint density at radius 1 is 1.21 bits per heavy atom. The molecule has 2 rings (SSSR count). The minimum absolute atomic E-state index is 0.266. The summed E-state index contributed by atoms with van der Waals surface area (Å²) < 4.78 is 1.02. The Morgan fingerprint density at radius 2 is 1.89 bits per heavy atom. The lowest BCUT2D eigenvalue weighted by Crippen LogP contribution is -1.95. The number of hydrogen-bond acceptors (Lipinski definition) is 3. The Morgan fingerprint density at radius 3 is 2.32 bits per heavy atom. The number of rotatable bonds is 3. The van der Waals surface area contributed by atoms with E-state index >= 15 is 0 Å². The Labute approximate surface area is 122 Å². The predicted molar refractivity (Wildman–Crippen MR) is 81.5 cm³/mol. The first-order chi connectivity index (χ1) is 9.18. The summed E-state index contributed by atoms with van der Waals surface area (Å²) in [6, 6.07) is 7.69. The van der Waals surface area contributed by atoms with Crippen LogP contribution in [0.2, 0.25) is 0 Å². The Bertz CT molecular complexity index is 472. The molecule has 0 aliphatic heterocycles. The maximum Gasteiger partial charge on any atom is 0.0546 e. The number of pyridine rings is 2. The lowest BCUT2D eigenvalue weighted by molar-refractivity contribution is 0.199. The molecule has 0 saturated carbocycles. The van der Waals surface area contributed by atoms with E-state index in [1.165, 1.54) is 0 Å². The van der Waals surface area contributed by atoms with E-state index in [1.54, 1.807) is 31.7 Å². The topological polar surface area (TPSA) is 46.0 Å². The average Bonchev–Trinajstić information content (AvgIpc) is 2.41. The molecule has 0 aliphatic carbocycles. The molecular formula is C15H17BrN2O. The fraction of sp³-hybridized carbons (Fsp3) is 0.200. The SMILES string of the molecule is Brc1cccnc1.C[C@@H](O)C/C=C/c1cccnc1. The summed E-state index contributed by atoms with van der Waals surface area (Å²) in [5, 5.41) is 8.96. The van der Waals surface area contributed by atoms with Gasteiger partial charge in [-0.2, -0.15) is 0 Å². The molecule has 0 fully saturated rings. The smallest absolute Gasteiger partial charge is 0.0546 e. The summed E-state index contributed by atoms with van der Waals surface area (Å²) in [7, 11) is 0. The molecule has 2 aromatic rings. The van der Waals surface area contributed by atoms with Gasteiger partial charge in [-0.05, 0) is 53.0 Å². The van der Waals surface area contributed by atoms with Crippen LogP contribution < -0.4 is 0 Å². The number of hydrogen-bond donors (Lipinski definition) is 1. The van der Waals surface area contributed by atoms with Gasteiger partial charge in [-0.15, -0.1) is 0 Å². The maximum absolute atomic E-state index is 8.96. The minimum atomic E-state index is -0.266. The zero-order valence-electron chi connectivity index (χ0n) is 10.8. The van der Waals surface area contributed by atoms with Gasteiger partial charge in [0.15, 0.2) is 0 Å². The molecule has 100 valence electrons. The lowest BCUT2D eigenvalue weighted by atomic mass is 10.2. The van der Waals surface area contributed by atoms with Crippen LogP contribution in [0, 0.1) is 0 Å². The average molecular weight is 321 g/mol. The van der Waals surface area contributed by atoms with Crippen LogP contribution in [0.15, 0.2) is 59.6 Å². The highest BCUT2D eigenvalue weighted by Gasteiger charge is 1.89. The molecule has 0 aromatic carbocycles. The first-order valence-electron chi connectivity index (χ1n) is 5.98. The number of aliphatic hydroxyl groups is 1. The van der Waals surface area contributed by atoms with Gasteiger partial charge in [0.2, 0.25) is 0 Å². The highest BCUT2D eigenvalue weighted by molar-refractivity contribution is 9.10. The van der Waals surface area contributed by atoms with E-state index in [1.807, 2.05) is 36.4 Å². The molecule has 19 heavy (non-hydrogen) atoms. The zero-order valence-corrected chi connectivity index (χ0v) is 12.4. The van der Waals surface area contributed by atoms with E-state index in [9.17, 15) is 0 Å². The van der Waals surface area contributed by atoms with Crippen LogP contribution in [-0.2, 0) is 0 Å². The van der Waals surface area contributed by atoms with E-state index in [4.69, 9.17) is 5.11 Å². The van der Waals surface area contributed by atoms with Crippen molar-refractivity contribution in [3.05, 3.63) is 65.2 Å². The van der Waals surface area contributed by atoms with Crippen molar-refractivity contribution in [2.75, 3.05) is 0 Å². The fourth-order valence-electron chi connectivity index (χ4n) is 1.22. The molecule has 0 spiro atoms. The van der Waals surface area contributed by atoms with Gasteiger partial charge in [-0.25, -0.2) is 0 Å². The van der Waals surface area contributed by atoms with Crippen molar-refractivity contribution in [2.24, 2.45) is 0 Å². The Balaban J connectivity index is 0.000000218. The first kappa shape index (κ1) is 15.5. The monoisotopic (exact) mass is 320 g/mol. The predicted octanol–water partition coefficient (Wildman–Crippen LogP) is 3.71. The third-order valence-corrected chi connectivity index (χ3v) is 2.57. The van der Waals surface area contributed by atoms with Gasteiger partial charge in [-0.3, -0.25) is 9.97 Å². The van der Waals surface area contributed by atoms with Crippen molar-refractivity contribution in [3.63, 3.8) is 0 Å². The summed E-state index contributed by atoms with van der Waals surface area (Å²) in [6.45, 7) is 1.77. The van der Waals surface area contributed by atoms with Crippen LogP contribution in [0.3, 0.4) is 0 Å². The second-order valence-electron chi connectivity index (χ2n) is 3.94. The van der Waals surface area contributed by atoms with Gasteiger partial charge >= 0.3 is 0 Å². The standard InChI is InChI=1S/C10H13NO.C5H4BrN/c1-9(12)4-2-5-10-6-3-7-11-8-10;6-5-2-1-3-7-4-5/h2-3,5-9,12H,4H2,1H3;1-4H/b5-2+;/t9-;/m1./s1. The van der Waals surface area contributed by atoms with E-state index in [0.29, 0.717) is 6.42 Å². The molecule has 2 heterocycles. The van der Waals surface area contributed by atoms with Gasteiger partial charge < -0.3 is 5.11 Å². The number of nitrogens with zero attached hydrogens (tertiary/aromatic N) is 2. The molecule has 0 unspecified atom stereocenters. The highest BCUT2D eigenvalue weighted by Crippen LogP contribution is 2.03. The molecule has 2 aromatic heterocycles. The Kier molecular flexibility index (Phi) is 7.70. The maximum atomic E-state index is 8.96. The third kappa shape index (κ3) is 8.24. The summed E-state index contributed by atoms with van der Waals surface area (Å²) in [5.41, 5.74) is 1.07. The van der Waals surface area contributed by atoms with Crippen molar-refractivity contribution in [1.29, 1.82) is 0 Å². The minimum Gasteiger partial charge on any atom is -0.393 e. The highest BCUT2D eigenvalue weighted by atomic mass is 79.9. The quantitative estimate of drug-likeness (QED) is 0.937. The molecule has 0 radical (unpaired) electrons. The van der Waals surface area contributed by atoms with Gasteiger partial charge in [-0.1, -0.05) is 18.2 Å². The zero-order chi connectivity index (χ0) is 13.9. The molecular weight excluding hydrogens is 304 g/mol. The summed E-state index contributed by atoms with van der Waals surface area (Å²) in [4.78, 5) is 7.81. The fourth-order valence-corrected chi connectivity index (χ4v) is 1.49. The number of aromatic nitrogens is 2. The molecule has 0 aliphatic rings. The van der Waals surface area contributed by atoms with Crippen LogP contribution >= 0.6 is 15.9 Å². The molecule has 0 saturated heterocycles. The lowest BCUT2D eigenvalue weighted by Gasteiger charge is -1.96. The van der Waals surface area contributed by atoms with Gasteiger partial charge in [0.1, 0.15) is 0 Å². The van der Waals surface area contributed by atoms with Crippen LogP contribution in [0.5, 0.6) is 0 Å². The second-order valence-corrected chi connectivity index (χ2v) is 4.86. The first-order valence-corrected chi connectivity index (χ1v) is 6.78. The van der Waals surface area contributed by atoms with E-state index in [0.717, 1.165) is 10.0 Å². The number of aliphatic hydroxyl groups excluding tert-OH is 1. The summed E-state index contributed by atoms with van der Waals surface area (Å²) in [6.07, 6.45) is 11.4. The molecule has 1 N–H and O–H groups in total. The molecule has 1 atom stereocenters. The van der Waals surface area contributed by atoms with Crippen molar-refractivity contribution in [3.8, 4) is 0 Å². The largest absolute Gasteiger partial charge is 0.393 e. The second kappa shape index (κ2) is 9.42. The van der Waals surface area contributed by atoms with Crippen molar-refractivity contribution < 1.29 is 5.11 Å². The van der Waals surface area contributed by atoms with Crippen molar-refractivity contribution >= 4 is 22.0 Å². The van der Waals surface area contributed by atoms with E-state index in [-0.39, 0.29) is 6.10 Å². The van der Waals surface area contributed by atoms with Crippen LogP contribution in [-0.4, -0.2) is 21.2 Å². The van der Waals surface area contributed by atoms with Gasteiger partial charge in [0.05, 0.1) is 6.10 Å². The van der Waals surface area contributed by atoms with Gasteiger partial charge in [0, 0.05) is 29.3 Å². The summed E-state index contributed by atoms with van der Waals surface area (Å²) >= 11 is 3.25. The van der Waals surface area contributed by atoms with E-state index in [2.05, 4.69) is 25.9 Å². The van der Waals surface area contributed by atoms with Crippen molar-refractivity contribution in [2.45, 2.75) is 19.4 Å². The van der Waals surface area contributed by atoms with Crippen LogP contribution in [0.1, 0.15) is 18.9 Å². The van der Waals surface area contributed by atoms with E-state index < -0.39 is 0 Å². The normalized spacial score (nSPS) is 11.7. The molecule has 0 bridgehead atoms. The van der Waals surface area contributed by atoms with Gasteiger partial charge in [0.25, 0.3) is 0 Å². The molecule has 4 heteroatoms. The summed E-state index contributed by atoms with van der Waals surface area (Å²) in [5.74, 6) is 0. The number of halogens is 1. The van der Waals surface area contributed by atoms with Crippen LogP contribution in [0.25, 0.3) is 6.08 Å². The third-order valence-electron chi connectivity index (χ3n) is 2.10. The Hall–Kier alpha value is -1.52. The van der Waals surface area contributed by atoms with Crippen molar-refractivity contribution in [1.82, 2.24) is 9.97 Å². The molecule has 3 nitrogen and oxygen atoms in total. The molecule has 0 amide bonds. The van der Waals surface area contributed by atoms with Crippen LogP contribution in [0.4, 0.5) is 0 Å².